The lowest BCUT2D eigenvalue weighted by Crippen LogP contribution is -2.43. The van der Waals surface area contributed by atoms with Crippen molar-refractivity contribution >= 4 is 23.3 Å². The van der Waals surface area contributed by atoms with Crippen LogP contribution in [0.2, 0.25) is 0 Å². The average Bonchev–Trinajstić information content (AvgIpc) is 2.61. The van der Waals surface area contributed by atoms with Crippen molar-refractivity contribution in [3.8, 4) is 0 Å². The molecule has 25 heavy (non-hydrogen) atoms. The number of nitrogens with zero attached hydrogens (tertiary/aromatic N) is 2. The minimum atomic E-state index is -0.235. The number of likely N-dealkylation sites (tertiary alicyclic amines) is 1. The SMILES string of the molecule is Cc1cccc(NC(=O)C2CCCN(C(=O)c3cccc(N)c3)C2)n1. The van der Waals surface area contributed by atoms with Gasteiger partial charge in [0.05, 0.1) is 5.92 Å². The van der Waals surface area contributed by atoms with Gasteiger partial charge in [-0.25, -0.2) is 4.98 Å². The summed E-state index contributed by atoms with van der Waals surface area (Å²) in [7, 11) is 0. The van der Waals surface area contributed by atoms with Crippen molar-refractivity contribution in [2.24, 2.45) is 5.92 Å². The Balaban J connectivity index is 1.66. The maximum absolute atomic E-state index is 12.6. The smallest absolute Gasteiger partial charge is 0.253 e. The molecule has 2 aromatic rings. The van der Waals surface area contributed by atoms with Crippen molar-refractivity contribution in [3.05, 3.63) is 53.7 Å². The van der Waals surface area contributed by atoms with Crippen LogP contribution in [0.15, 0.2) is 42.5 Å². The van der Waals surface area contributed by atoms with Gasteiger partial charge in [-0.3, -0.25) is 9.59 Å². The molecule has 0 saturated carbocycles. The molecule has 1 fully saturated rings. The van der Waals surface area contributed by atoms with Crippen LogP contribution >= 0.6 is 0 Å². The molecule has 0 radical (unpaired) electrons. The van der Waals surface area contributed by atoms with E-state index < -0.39 is 0 Å². The van der Waals surface area contributed by atoms with Crippen molar-refractivity contribution in [2.45, 2.75) is 19.8 Å². The first-order chi connectivity index (χ1) is 12.0. The number of piperidine rings is 1. The molecule has 1 atom stereocenters. The number of aromatic nitrogens is 1. The van der Waals surface area contributed by atoms with Crippen LogP contribution in [0.1, 0.15) is 28.9 Å². The summed E-state index contributed by atoms with van der Waals surface area (Å²) in [6.07, 6.45) is 1.56. The molecule has 130 valence electrons. The number of nitrogens with one attached hydrogen (secondary N) is 1. The van der Waals surface area contributed by atoms with E-state index in [-0.39, 0.29) is 17.7 Å². The third-order valence-corrected chi connectivity index (χ3v) is 4.35. The topological polar surface area (TPSA) is 88.3 Å². The van der Waals surface area contributed by atoms with E-state index >= 15 is 0 Å². The lowest BCUT2D eigenvalue weighted by Gasteiger charge is -2.32. The first-order valence-corrected chi connectivity index (χ1v) is 8.42. The van der Waals surface area contributed by atoms with Crippen LogP contribution in [0, 0.1) is 12.8 Å². The van der Waals surface area contributed by atoms with E-state index in [2.05, 4.69) is 10.3 Å². The van der Waals surface area contributed by atoms with E-state index in [1.807, 2.05) is 19.1 Å². The Labute approximate surface area is 147 Å². The molecule has 2 amide bonds. The summed E-state index contributed by atoms with van der Waals surface area (Å²) in [4.78, 5) is 31.2. The van der Waals surface area contributed by atoms with Crippen molar-refractivity contribution in [1.82, 2.24) is 9.88 Å². The molecule has 0 aliphatic carbocycles. The maximum atomic E-state index is 12.6. The highest BCUT2D eigenvalue weighted by Gasteiger charge is 2.29. The number of nitrogens with two attached hydrogens (primary N) is 1. The molecule has 1 aliphatic heterocycles. The van der Waals surface area contributed by atoms with Gasteiger partial charge < -0.3 is 16.0 Å². The summed E-state index contributed by atoms with van der Waals surface area (Å²) >= 11 is 0. The fraction of sp³-hybridized carbons (Fsp3) is 0.316. The van der Waals surface area contributed by atoms with Gasteiger partial charge >= 0.3 is 0 Å². The number of rotatable bonds is 3. The van der Waals surface area contributed by atoms with Crippen LogP contribution < -0.4 is 11.1 Å². The summed E-state index contributed by atoms with van der Waals surface area (Å²) in [5.74, 6) is 0.131. The summed E-state index contributed by atoms with van der Waals surface area (Å²) in [6.45, 7) is 2.94. The number of pyridine rings is 1. The Morgan fingerprint density at radius 3 is 2.80 bits per heavy atom. The Bertz CT molecular complexity index is 790. The molecule has 2 heterocycles. The monoisotopic (exact) mass is 338 g/mol. The van der Waals surface area contributed by atoms with Crippen LogP contribution in [-0.4, -0.2) is 34.8 Å². The van der Waals surface area contributed by atoms with E-state index in [4.69, 9.17) is 5.73 Å². The summed E-state index contributed by atoms with van der Waals surface area (Å²) in [5.41, 5.74) is 7.72. The van der Waals surface area contributed by atoms with Gasteiger partial charge in [0.1, 0.15) is 5.82 Å². The molecule has 0 bridgehead atoms. The van der Waals surface area contributed by atoms with Gasteiger partial charge in [-0.2, -0.15) is 0 Å². The summed E-state index contributed by atoms with van der Waals surface area (Å²) < 4.78 is 0. The highest BCUT2D eigenvalue weighted by atomic mass is 16.2. The van der Waals surface area contributed by atoms with Crippen LogP contribution in [-0.2, 0) is 4.79 Å². The van der Waals surface area contributed by atoms with E-state index in [9.17, 15) is 9.59 Å². The molecule has 1 unspecified atom stereocenters. The summed E-state index contributed by atoms with van der Waals surface area (Å²) in [5, 5.41) is 2.85. The second-order valence-electron chi connectivity index (χ2n) is 6.37. The Hall–Kier alpha value is -2.89. The minimum Gasteiger partial charge on any atom is -0.399 e. The molecular formula is C19H22N4O2. The largest absolute Gasteiger partial charge is 0.399 e. The first kappa shape index (κ1) is 17.0. The molecule has 6 heteroatoms. The predicted molar refractivity (Wildman–Crippen MR) is 97.1 cm³/mol. The van der Waals surface area contributed by atoms with Gasteiger partial charge in [-0.05, 0) is 50.1 Å². The number of nitrogen functional groups attached to an aromatic ring is 1. The van der Waals surface area contributed by atoms with Gasteiger partial charge in [0, 0.05) is 30.0 Å². The molecule has 1 saturated heterocycles. The molecule has 0 spiro atoms. The van der Waals surface area contributed by atoms with E-state index in [0.29, 0.717) is 30.2 Å². The normalized spacial score (nSPS) is 17.2. The maximum Gasteiger partial charge on any atom is 0.253 e. The lowest BCUT2D eigenvalue weighted by atomic mass is 9.96. The molecule has 1 aromatic carbocycles. The van der Waals surface area contributed by atoms with Gasteiger partial charge in [0.2, 0.25) is 5.91 Å². The highest BCUT2D eigenvalue weighted by Crippen LogP contribution is 2.21. The molecule has 1 aliphatic rings. The summed E-state index contributed by atoms with van der Waals surface area (Å²) in [6, 6.07) is 12.4. The second kappa shape index (κ2) is 7.34. The zero-order valence-corrected chi connectivity index (χ0v) is 14.2. The minimum absolute atomic E-state index is 0.0847. The number of carbonyl (C=O) groups is 2. The number of hydrogen-bond donors (Lipinski definition) is 2. The van der Waals surface area contributed by atoms with Gasteiger partial charge in [0.15, 0.2) is 0 Å². The second-order valence-corrected chi connectivity index (χ2v) is 6.37. The van der Waals surface area contributed by atoms with E-state index in [0.717, 1.165) is 18.5 Å². The van der Waals surface area contributed by atoms with Gasteiger partial charge in [0.25, 0.3) is 5.91 Å². The third kappa shape index (κ3) is 4.15. The first-order valence-electron chi connectivity index (χ1n) is 8.42. The number of carbonyl (C=O) groups excluding carboxylic acids is 2. The number of amides is 2. The number of hydrogen-bond acceptors (Lipinski definition) is 4. The molecule has 6 nitrogen and oxygen atoms in total. The van der Waals surface area contributed by atoms with Crippen LogP contribution in [0.25, 0.3) is 0 Å². The fourth-order valence-corrected chi connectivity index (χ4v) is 3.07. The zero-order chi connectivity index (χ0) is 17.8. The van der Waals surface area contributed by atoms with Crippen molar-refractivity contribution in [1.29, 1.82) is 0 Å². The zero-order valence-electron chi connectivity index (χ0n) is 14.2. The number of aryl methyl sites for hydroxylation is 1. The van der Waals surface area contributed by atoms with E-state index in [1.165, 1.54) is 0 Å². The fourth-order valence-electron chi connectivity index (χ4n) is 3.07. The molecular weight excluding hydrogens is 316 g/mol. The highest BCUT2D eigenvalue weighted by molar-refractivity contribution is 5.96. The van der Waals surface area contributed by atoms with Crippen LogP contribution in [0.5, 0.6) is 0 Å². The number of anilines is 2. The third-order valence-electron chi connectivity index (χ3n) is 4.35. The molecule has 3 N–H and O–H groups in total. The molecule has 3 rings (SSSR count). The molecule has 1 aromatic heterocycles. The average molecular weight is 338 g/mol. The van der Waals surface area contributed by atoms with Gasteiger partial charge in [-0.15, -0.1) is 0 Å². The Kier molecular flexibility index (Phi) is 4.97. The standard InChI is InChI=1S/C19H22N4O2/c1-13-5-2-9-17(21-13)22-18(24)15-7-4-10-23(12-15)19(25)14-6-3-8-16(20)11-14/h2-3,5-6,8-9,11,15H,4,7,10,12,20H2,1H3,(H,21,22,24). The predicted octanol–water partition coefficient (Wildman–Crippen LogP) is 2.46. The Morgan fingerprint density at radius 2 is 2.04 bits per heavy atom. The van der Waals surface area contributed by atoms with Crippen molar-refractivity contribution < 1.29 is 9.59 Å². The van der Waals surface area contributed by atoms with Gasteiger partial charge in [-0.1, -0.05) is 12.1 Å². The van der Waals surface area contributed by atoms with Crippen LogP contribution in [0.4, 0.5) is 11.5 Å². The Morgan fingerprint density at radius 1 is 1.24 bits per heavy atom. The lowest BCUT2D eigenvalue weighted by molar-refractivity contribution is -0.121. The van der Waals surface area contributed by atoms with E-state index in [1.54, 1.807) is 35.2 Å². The van der Waals surface area contributed by atoms with Crippen molar-refractivity contribution in [2.75, 3.05) is 24.1 Å². The van der Waals surface area contributed by atoms with Crippen LogP contribution in [0.3, 0.4) is 0 Å². The quantitative estimate of drug-likeness (QED) is 0.842. The number of benzene rings is 1. The van der Waals surface area contributed by atoms with Crippen molar-refractivity contribution in [3.63, 3.8) is 0 Å².